The maximum atomic E-state index is 12.5. The van der Waals surface area contributed by atoms with Gasteiger partial charge in [-0.25, -0.2) is 14.3 Å². The fourth-order valence-corrected chi connectivity index (χ4v) is 3.13. The van der Waals surface area contributed by atoms with Crippen molar-refractivity contribution in [3.8, 4) is 5.75 Å². The Labute approximate surface area is 137 Å². The third kappa shape index (κ3) is 2.84. The summed E-state index contributed by atoms with van der Waals surface area (Å²) in [7, 11) is 1.53. The van der Waals surface area contributed by atoms with E-state index in [2.05, 4.69) is 5.10 Å². The molecule has 3 rings (SSSR count). The van der Waals surface area contributed by atoms with E-state index in [1.165, 1.54) is 16.4 Å². The molecule has 0 spiro atoms. The molecule has 2 aromatic rings. The zero-order chi connectivity index (χ0) is 16.6. The van der Waals surface area contributed by atoms with E-state index in [0.717, 1.165) is 5.56 Å². The SMILES string of the molecule is COc1ccc(Cn2nc3n(c2=O)C(C(=O)O)CCC3)cc1Cl. The molecule has 0 amide bonds. The fraction of sp³-hybridized carbons (Fsp3) is 0.400. The van der Waals surface area contributed by atoms with Gasteiger partial charge in [-0.05, 0) is 30.5 Å². The number of carboxylic acid groups (broad SMARTS) is 1. The number of rotatable bonds is 4. The molecule has 2 heterocycles. The van der Waals surface area contributed by atoms with Crippen LogP contribution in [-0.2, 0) is 17.8 Å². The van der Waals surface area contributed by atoms with Gasteiger partial charge in [-0.15, -0.1) is 0 Å². The lowest BCUT2D eigenvalue weighted by Crippen LogP contribution is -2.34. The molecule has 1 unspecified atom stereocenters. The minimum Gasteiger partial charge on any atom is -0.495 e. The van der Waals surface area contributed by atoms with E-state index in [-0.39, 0.29) is 6.54 Å². The Morgan fingerprint density at radius 3 is 2.96 bits per heavy atom. The number of aromatic nitrogens is 3. The van der Waals surface area contributed by atoms with Crippen LogP contribution in [0.25, 0.3) is 0 Å². The first-order valence-electron chi connectivity index (χ1n) is 7.24. The summed E-state index contributed by atoms with van der Waals surface area (Å²) in [5, 5.41) is 14.0. The Balaban J connectivity index is 1.95. The first-order valence-corrected chi connectivity index (χ1v) is 7.62. The number of fused-ring (bicyclic) bond motifs is 1. The van der Waals surface area contributed by atoms with Crippen molar-refractivity contribution < 1.29 is 14.6 Å². The number of hydrogen-bond donors (Lipinski definition) is 1. The molecule has 0 radical (unpaired) electrons. The number of aryl methyl sites for hydroxylation is 1. The van der Waals surface area contributed by atoms with Gasteiger partial charge in [0.1, 0.15) is 17.6 Å². The summed E-state index contributed by atoms with van der Waals surface area (Å²) < 4.78 is 7.67. The Hall–Kier alpha value is -2.28. The summed E-state index contributed by atoms with van der Waals surface area (Å²) in [6, 6.07) is 4.39. The Morgan fingerprint density at radius 1 is 1.52 bits per heavy atom. The van der Waals surface area contributed by atoms with Crippen LogP contribution in [0.1, 0.15) is 30.3 Å². The van der Waals surface area contributed by atoms with Crippen LogP contribution in [0.15, 0.2) is 23.0 Å². The van der Waals surface area contributed by atoms with Crippen LogP contribution < -0.4 is 10.4 Å². The lowest BCUT2D eigenvalue weighted by molar-refractivity contribution is -0.141. The number of benzene rings is 1. The third-order valence-corrected chi connectivity index (χ3v) is 4.26. The smallest absolute Gasteiger partial charge is 0.347 e. The molecular weight excluding hydrogens is 322 g/mol. The van der Waals surface area contributed by atoms with Crippen molar-refractivity contribution >= 4 is 17.6 Å². The largest absolute Gasteiger partial charge is 0.495 e. The van der Waals surface area contributed by atoms with Crippen LogP contribution in [0.5, 0.6) is 5.75 Å². The van der Waals surface area contributed by atoms with Crippen molar-refractivity contribution in [3.05, 3.63) is 45.1 Å². The highest BCUT2D eigenvalue weighted by Crippen LogP contribution is 2.25. The number of halogens is 1. The predicted molar refractivity (Wildman–Crippen MR) is 83.2 cm³/mol. The summed E-state index contributed by atoms with van der Waals surface area (Å²) >= 11 is 6.09. The minimum atomic E-state index is -1.000. The molecule has 0 fully saturated rings. The second-order valence-electron chi connectivity index (χ2n) is 5.44. The van der Waals surface area contributed by atoms with Gasteiger partial charge >= 0.3 is 11.7 Å². The molecule has 8 heteroatoms. The molecule has 1 atom stereocenters. The van der Waals surface area contributed by atoms with Gasteiger partial charge in [0.25, 0.3) is 0 Å². The fourth-order valence-electron chi connectivity index (χ4n) is 2.85. The molecule has 23 heavy (non-hydrogen) atoms. The quantitative estimate of drug-likeness (QED) is 0.918. The van der Waals surface area contributed by atoms with Crippen LogP contribution in [0.3, 0.4) is 0 Å². The summed E-state index contributed by atoms with van der Waals surface area (Å²) in [6.45, 7) is 0.231. The standard InChI is InChI=1S/C15H16ClN3O4/c1-23-12-6-5-9(7-10(12)16)8-18-15(22)19-11(14(20)21)3-2-4-13(19)17-18/h5-7,11H,2-4,8H2,1H3,(H,20,21). The van der Waals surface area contributed by atoms with Gasteiger partial charge in [0.15, 0.2) is 0 Å². The van der Waals surface area contributed by atoms with Crippen molar-refractivity contribution in [3.63, 3.8) is 0 Å². The summed E-state index contributed by atoms with van der Waals surface area (Å²) in [4.78, 5) is 23.8. The van der Waals surface area contributed by atoms with Crippen LogP contribution in [0.4, 0.5) is 0 Å². The van der Waals surface area contributed by atoms with Gasteiger partial charge in [-0.2, -0.15) is 5.10 Å². The topological polar surface area (TPSA) is 86.4 Å². The second-order valence-corrected chi connectivity index (χ2v) is 5.85. The first kappa shape index (κ1) is 15.6. The number of aliphatic carboxylic acids is 1. The lowest BCUT2D eigenvalue weighted by Gasteiger charge is -2.19. The van der Waals surface area contributed by atoms with Gasteiger partial charge in [-0.1, -0.05) is 17.7 Å². The molecule has 0 bridgehead atoms. The Kier molecular flexibility index (Phi) is 4.12. The van der Waals surface area contributed by atoms with E-state index < -0.39 is 17.7 Å². The molecule has 0 saturated carbocycles. The molecule has 1 aromatic carbocycles. The number of carbonyl (C=O) groups is 1. The van der Waals surface area contributed by atoms with E-state index in [4.69, 9.17) is 16.3 Å². The molecule has 1 aliphatic rings. The van der Waals surface area contributed by atoms with Gasteiger partial charge < -0.3 is 9.84 Å². The predicted octanol–water partition coefficient (Wildman–Crippen LogP) is 1.72. The lowest BCUT2D eigenvalue weighted by atomic mass is 10.1. The highest BCUT2D eigenvalue weighted by Gasteiger charge is 2.30. The average Bonchev–Trinajstić information content (AvgIpc) is 2.84. The second kappa shape index (κ2) is 6.08. The third-order valence-electron chi connectivity index (χ3n) is 3.96. The summed E-state index contributed by atoms with van der Waals surface area (Å²) in [5.41, 5.74) is 0.388. The van der Waals surface area contributed by atoms with E-state index in [1.54, 1.807) is 18.2 Å². The Bertz CT molecular complexity index is 812. The van der Waals surface area contributed by atoms with Crippen molar-refractivity contribution in [1.82, 2.24) is 14.3 Å². The van der Waals surface area contributed by atoms with Crippen LogP contribution >= 0.6 is 11.6 Å². The van der Waals surface area contributed by atoms with Crippen molar-refractivity contribution in [2.75, 3.05) is 7.11 Å². The van der Waals surface area contributed by atoms with Crippen LogP contribution in [0.2, 0.25) is 5.02 Å². The molecule has 1 aliphatic heterocycles. The first-order chi connectivity index (χ1) is 11.0. The van der Waals surface area contributed by atoms with E-state index in [9.17, 15) is 14.7 Å². The van der Waals surface area contributed by atoms with Crippen molar-refractivity contribution in [2.45, 2.75) is 31.8 Å². The van der Waals surface area contributed by atoms with E-state index in [1.807, 2.05) is 0 Å². The van der Waals surface area contributed by atoms with Gasteiger partial charge in [0.05, 0.1) is 18.7 Å². The molecule has 1 N–H and O–H groups in total. The zero-order valence-corrected chi connectivity index (χ0v) is 13.3. The molecule has 122 valence electrons. The van der Waals surface area contributed by atoms with Crippen LogP contribution in [-0.4, -0.2) is 32.5 Å². The monoisotopic (exact) mass is 337 g/mol. The number of methoxy groups -OCH3 is 1. The normalized spacial score (nSPS) is 16.9. The van der Waals surface area contributed by atoms with Crippen molar-refractivity contribution in [1.29, 1.82) is 0 Å². The van der Waals surface area contributed by atoms with Gasteiger partial charge in [-0.3, -0.25) is 4.57 Å². The molecule has 0 saturated heterocycles. The van der Waals surface area contributed by atoms with E-state index >= 15 is 0 Å². The maximum Gasteiger partial charge on any atom is 0.347 e. The average molecular weight is 338 g/mol. The summed E-state index contributed by atoms with van der Waals surface area (Å²) in [6.07, 6.45) is 1.76. The van der Waals surface area contributed by atoms with Gasteiger partial charge in [0, 0.05) is 6.42 Å². The number of ether oxygens (including phenoxy) is 1. The number of carboxylic acids is 1. The van der Waals surface area contributed by atoms with Crippen LogP contribution in [0, 0.1) is 0 Å². The number of nitrogens with zero attached hydrogens (tertiary/aromatic N) is 3. The van der Waals surface area contributed by atoms with Crippen molar-refractivity contribution in [2.24, 2.45) is 0 Å². The molecular formula is C15H16ClN3O4. The summed E-state index contributed by atoms with van der Waals surface area (Å²) in [5.74, 6) is 0.0752. The highest BCUT2D eigenvalue weighted by atomic mass is 35.5. The van der Waals surface area contributed by atoms with Gasteiger partial charge in [0.2, 0.25) is 0 Å². The number of hydrogen-bond acceptors (Lipinski definition) is 4. The molecule has 0 aliphatic carbocycles. The zero-order valence-electron chi connectivity index (χ0n) is 12.5. The highest BCUT2D eigenvalue weighted by molar-refractivity contribution is 6.32. The molecule has 1 aromatic heterocycles. The van der Waals surface area contributed by atoms with E-state index in [0.29, 0.717) is 35.9 Å². The Morgan fingerprint density at radius 2 is 2.30 bits per heavy atom. The minimum absolute atomic E-state index is 0.231. The maximum absolute atomic E-state index is 12.5. The molecule has 7 nitrogen and oxygen atoms in total.